The van der Waals surface area contributed by atoms with Gasteiger partial charge in [0.05, 0.1) is 0 Å². The van der Waals surface area contributed by atoms with Crippen LogP contribution in [0.3, 0.4) is 0 Å². The van der Waals surface area contributed by atoms with Gasteiger partial charge in [0.2, 0.25) is 0 Å². The van der Waals surface area contributed by atoms with E-state index in [4.69, 9.17) is 20.3 Å². The third-order valence-corrected chi connectivity index (χ3v) is 7.70. The molecule has 11 nitrogen and oxygen atoms in total. The standard InChI is InChI=1S/2C16H16O4.C5H11NO2/c2*1-20-16(14(17)15(18)19,12-8-4-2-5-9-12)13-10-6-3-7-11-13;1-3(2)4(6)5(7)8/h2*2-11,14,17H,1H3,(H,18,19);3-4H,6H2,1-2H3,(H,7,8)/t2*14-;4-/m110/s1. The Balaban J connectivity index is 0.000000274. The van der Waals surface area contributed by atoms with Gasteiger partial charge in [-0.3, -0.25) is 4.79 Å². The first kappa shape index (κ1) is 39.3. The van der Waals surface area contributed by atoms with Gasteiger partial charge in [0, 0.05) is 14.2 Å². The minimum atomic E-state index is -1.71. The minimum absolute atomic E-state index is 0.0208. The van der Waals surface area contributed by atoms with Gasteiger partial charge < -0.3 is 40.7 Å². The zero-order valence-corrected chi connectivity index (χ0v) is 27.2. The number of ether oxygens (including phenoxy) is 2. The van der Waals surface area contributed by atoms with E-state index in [2.05, 4.69) is 0 Å². The summed E-state index contributed by atoms with van der Waals surface area (Å²) in [5, 5.41) is 47.1. The number of rotatable bonds is 12. The lowest BCUT2D eigenvalue weighted by molar-refractivity contribution is -0.164. The van der Waals surface area contributed by atoms with Crippen LogP contribution < -0.4 is 5.73 Å². The maximum atomic E-state index is 11.3. The summed E-state index contributed by atoms with van der Waals surface area (Å²) in [6, 6.07) is 34.7. The van der Waals surface area contributed by atoms with Crippen molar-refractivity contribution < 1.29 is 49.4 Å². The molecule has 0 aromatic heterocycles. The van der Waals surface area contributed by atoms with Crippen molar-refractivity contribution in [1.82, 2.24) is 0 Å². The largest absolute Gasteiger partial charge is 0.480 e. The zero-order valence-electron chi connectivity index (χ0n) is 27.2. The van der Waals surface area contributed by atoms with Gasteiger partial charge in [-0.25, -0.2) is 9.59 Å². The average molecular weight is 662 g/mol. The maximum absolute atomic E-state index is 11.3. The van der Waals surface area contributed by atoms with Crippen molar-refractivity contribution >= 4 is 17.9 Å². The number of carbonyl (C=O) groups is 3. The molecule has 0 saturated heterocycles. The fraction of sp³-hybridized carbons (Fsp3) is 0.270. The van der Waals surface area contributed by atoms with E-state index >= 15 is 0 Å². The van der Waals surface area contributed by atoms with Crippen LogP contribution in [0.25, 0.3) is 0 Å². The Kier molecular flexibility index (Phi) is 15.1. The molecule has 7 N–H and O–H groups in total. The molecule has 4 aromatic rings. The lowest BCUT2D eigenvalue weighted by atomic mass is 9.81. The number of aliphatic hydroxyl groups excluding tert-OH is 2. The van der Waals surface area contributed by atoms with Gasteiger partial charge in [-0.1, -0.05) is 135 Å². The number of nitrogens with two attached hydrogens (primary N) is 1. The maximum Gasteiger partial charge on any atom is 0.336 e. The number of aliphatic carboxylic acids is 3. The molecule has 4 aromatic carbocycles. The second-order valence-corrected chi connectivity index (χ2v) is 10.9. The summed E-state index contributed by atoms with van der Waals surface area (Å²) in [4.78, 5) is 32.7. The molecule has 0 fully saturated rings. The number of hydrogen-bond acceptors (Lipinski definition) is 8. The zero-order chi connectivity index (χ0) is 35.9. The Bertz CT molecular complexity index is 1360. The number of carboxylic acid groups (broad SMARTS) is 3. The first-order chi connectivity index (χ1) is 22.8. The average Bonchev–Trinajstić information content (AvgIpc) is 3.11. The van der Waals surface area contributed by atoms with Crippen LogP contribution in [0.4, 0.5) is 0 Å². The molecule has 0 unspecified atom stereocenters. The van der Waals surface area contributed by atoms with Crippen LogP contribution in [0.5, 0.6) is 0 Å². The smallest absolute Gasteiger partial charge is 0.336 e. The predicted molar refractivity (Wildman–Crippen MR) is 179 cm³/mol. The fourth-order valence-electron chi connectivity index (χ4n) is 5.04. The van der Waals surface area contributed by atoms with E-state index in [9.17, 15) is 34.8 Å². The third kappa shape index (κ3) is 9.12. The normalized spacial score (nSPS) is 13.1. The summed E-state index contributed by atoms with van der Waals surface area (Å²) < 4.78 is 11.0. The molecule has 0 aliphatic heterocycles. The van der Waals surface area contributed by atoms with Crippen LogP contribution in [0.1, 0.15) is 36.1 Å². The molecule has 11 heteroatoms. The topological polar surface area (TPSA) is 197 Å². The highest BCUT2D eigenvalue weighted by atomic mass is 16.5. The van der Waals surface area contributed by atoms with E-state index in [0.29, 0.717) is 22.3 Å². The summed E-state index contributed by atoms with van der Waals surface area (Å²) in [6.07, 6.45) is -3.42. The second kappa shape index (κ2) is 18.4. The highest BCUT2D eigenvalue weighted by Crippen LogP contribution is 2.38. The van der Waals surface area contributed by atoms with Crippen LogP contribution in [-0.2, 0) is 35.1 Å². The molecular formula is C37H43NO10. The summed E-state index contributed by atoms with van der Waals surface area (Å²) in [5.41, 5.74) is 4.63. The van der Waals surface area contributed by atoms with E-state index in [1.165, 1.54) is 14.2 Å². The molecule has 0 spiro atoms. The van der Waals surface area contributed by atoms with Crippen LogP contribution in [0, 0.1) is 5.92 Å². The molecule has 256 valence electrons. The van der Waals surface area contributed by atoms with E-state index in [-0.39, 0.29) is 5.92 Å². The molecule has 0 amide bonds. The van der Waals surface area contributed by atoms with E-state index in [0.717, 1.165) is 0 Å². The number of benzene rings is 4. The van der Waals surface area contributed by atoms with E-state index < -0.39 is 47.4 Å². The summed E-state index contributed by atoms with van der Waals surface area (Å²) >= 11 is 0. The molecule has 48 heavy (non-hydrogen) atoms. The van der Waals surface area contributed by atoms with Crippen molar-refractivity contribution in [3.8, 4) is 0 Å². The molecule has 0 bridgehead atoms. The van der Waals surface area contributed by atoms with E-state index in [1.54, 1.807) is 111 Å². The van der Waals surface area contributed by atoms with Crippen molar-refractivity contribution in [2.75, 3.05) is 14.2 Å². The molecule has 0 aliphatic rings. The SMILES string of the molecule is CC(C)[C@H](N)C(=O)O.COC(c1ccccc1)(c1ccccc1)[C@H](O)C(=O)O.COC(c1ccccc1)(c1ccccc1)[C@H](O)C(=O)O. The number of methoxy groups -OCH3 is 2. The van der Waals surface area contributed by atoms with Crippen LogP contribution in [0.15, 0.2) is 121 Å². The summed E-state index contributed by atoms with van der Waals surface area (Å²) in [6.45, 7) is 3.55. The summed E-state index contributed by atoms with van der Waals surface area (Å²) in [7, 11) is 2.79. The number of aliphatic hydroxyl groups is 2. The quantitative estimate of drug-likeness (QED) is 0.128. The van der Waals surface area contributed by atoms with Gasteiger partial charge in [-0.2, -0.15) is 0 Å². The van der Waals surface area contributed by atoms with Crippen molar-refractivity contribution in [3.05, 3.63) is 144 Å². The molecule has 0 heterocycles. The van der Waals surface area contributed by atoms with Crippen molar-refractivity contribution in [2.45, 2.75) is 43.3 Å². The Hall–Kier alpha value is -4.91. The van der Waals surface area contributed by atoms with Gasteiger partial charge in [0.1, 0.15) is 6.04 Å². The Morgan fingerprint density at radius 2 is 0.750 bits per heavy atom. The molecule has 0 radical (unpaired) electrons. The van der Waals surface area contributed by atoms with Crippen molar-refractivity contribution in [2.24, 2.45) is 11.7 Å². The van der Waals surface area contributed by atoms with Gasteiger partial charge in [0.25, 0.3) is 0 Å². The van der Waals surface area contributed by atoms with Gasteiger partial charge in [-0.15, -0.1) is 0 Å². The van der Waals surface area contributed by atoms with Gasteiger partial charge in [0.15, 0.2) is 23.4 Å². The van der Waals surface area contributed by atoms with Crippen LogP contribution in [-0.4, -0.2) is 75.9 Å². The summed E-state index contributed by atoms with van der Waals surface area (Å²) in [5.74, 6) is -3.58. The number of hydrogen-bond donors (Lipinski definition) is 6. The Morgan fingerprint density at radius 1 is 0.521 bits per heavy atom. The van der Waals surface area contributed by atoms with Gasteiger partial charge >= 0.3 is 17.9 Å². The molecular weight excluding hydrogens is 618 g/mol. The Morgan fingerprint density at radius 3 is 0.875 bits per heavy atom. The Labute approximate surface area is 279 Å². The molecule has 0 aliphatic carbocycles. The molecule has 0 saturated carbocycles. The lowest BCUT2D eigenvalue weighted by Gasteiger charge is -2.35. The van der Waals surface area contributed by atoms with Crippen LogP contribution >= 0.6 is 0 Å². The molecule has 3 atom stereocenters. The minimum Gasteiger partial charge on any atom is -0.480 e. The monoisotopic (exact) mass is 661 g/mol. The fourth-order valence-corrected chi connectivity index (χ4v) is 5.04. The second-order valence-electron chi connectivity index (χ2n) is 10.9. The van der Waals surface area contributed by atoms with Crippen LogP contribution in [0.2, 0.25) is 0 Å². The van der Waals surface area contributed by atoms with Crippen molar-refractivity contribution in [1.29, 1.82) is 0 Å². The van der Waals surface area contributed by atoms with Gasteiger partial charge in [-0.05, 0) is 28.2 Å². The number of carboxylic acids is 3. The first-order valence-corrected chi connectivity index (χ1v) is 14.9. The van der Waals surface area contributed by atoms with Crippen molar-refractivity contribution in [3.63, 3.8) is 0 Å². The highest BCUT2D eigenvalue weighted by Gasteiger charge is 2.47. The lowest BCUT2D eigenvalue weighted by Crippen LogP contribution is -2.47. The first-order valence-electron chi connectivity index (χ1n) is 14.9. The predicted octanol–water partition coefficient (Wildman–Crippen LogP) is 4.10. The molecule has 4 rings (SSSR count). The highest BCUT2D eigenvalue weighted by molar-refractivity contribution is 5.76. The third-order valence-electron chi connectivity index (χ3n) is 7.70. The van der Waals surface area contributed by atoms with E-state index in [1.807, 2.05) is 24.3 Å².